The van der Waals surface area contributed by atoms with Crippen molar-refractivity contribution in [1.29, 1.82) is 0 Å². The predicted molar refractivity (Wildman–Crippen MR) is 117 cm³/mol. The lowest BCUT2D eigenvalue weighted by atomic mass is 10.1. The summed E-state index contributed by atoms with van der Waals surface area (Å²) in [6, 6.07) is 8.45. The molecule has 1 unspecified atom stereocenters. The Labute approximate surface area is 189 Å². The molecule has 13 heteroatoms. The van der Waals surface area contributed by atoms with Gasteiger partial charge < -0.3 is 4.42 Å². The first kappa shape index (κ1) is 22.6. The van der Waals surface area contributed by atoms with Crippen LogP contribution in [0.1, 0.15) is 24.3 Å². The maximum absolute atomic E-state index is 12.8. The van der Waals surface area contributed by atoms with Gasteiger partial charge in [-0.1, -0.05) is 23.3 Å². The number of sulfone groups is 1. The van der Waals surface area contributed by atoms with Gasteiger partial charge in [0.05, 0.1) is 11.3 Å². The third kappa shape index (κ3) is 4.75. The molecule has 0 bridgehead atoms. The van der Waals surface area contributed by atoms with Crippen molar-refractivity contribution in [3.63, 3.8) is 0 Å². The number of anilines is 1. The van der Waals surface area contributed by atoms with Crippen LogP contribution in [0.2, 0.25) is 0 Å². The van der Waals surface area contributed by atoms with Crippen molar-refractivity contribution in [2.45, 2.75) is 34.4 Å². The first-order valence-electron chi connectivity index (χ1n) is 9.62. The van der Waals surface area contributed by atoms with Crippen LogP contribution in [0.25, 0.3) is 0 Å². The molecule has 0 spiro atoms. The van der Waals surface area contributed by atoms with Gasteiger partial charge in [-0.2, -0.15) is 4.31 Å². The normalized spacial score (nSPS) is 17.5. The summed E-state index contributed by atoms with van der Waals surface area (Å²) < 4.78 is 55.6. The van der Waals surface area contributed by atoms with Crippen LogP contribution in [-0.2, 0) is 31.1 Å². The largest absolute Gasteiger partial charge is 0.407 e. The van der Waals surface area contributed by atoms with Crippen LogP contribution in [0.15, 0.2) is 55.3 Å². The zero-order chi connectivity index (χ0) is 22.9. The maximum atomic E-state index is 12.8. The van der Waals surface area contributed by atoms with Gasteiger partial charge in [-0.05, 0) is 42.0 Å². The van der Waals surface area contributed by atoms with Crippen molar-refractivity contribution in [3.05, 3.63) is 53.2 Å². The van der Waals surface area contributed by atoms with Crippen LogP contribution in [0.4, 0.5) is 6.01 Å². The summed E-state index contributed by atoms with van der Waals surface area (Å²) in [7, 11) is -7.03. The number of nitrogens with one attached hydrogen (secondary N) is 1. The molecule has 1 aliphatic heterocycles. The molecule has 32 heavy (non-hydrogen) atoms. The number of carbonyl (C=O) groups excluding carboxylic acids is 1. The third-order valence-electron chi connectivity index (χ3n) is 4.97. The molecule has 1 amide bonds. The second-order valence-electron chi connectivity index (χ2n) is 7.29. The fourth-order valence-electron chi connectivity index (χ4n) is 3.41. The van der Waals surface area contributed by atoms with Crippen LogP contribution < -0.4 is 5.32 Å². The zero-order valence-corrected chi connectivity index (χ0v) is 19.4. The number of sulfonamides is 1. The molecule has 3 heterocycles. The summed E-state index contributed by atoms with van der Waals surface area (Å²) in [4.78, 5) is 12.9. The van der Waals surface area contributed by atoms with E-state index in [4.69, 9.17) is 4.42 Å². The number of hydrogen-bond donors (Lipinski definition) is 1. The predicted octanol–water partition coefficient (Wildman–Crippen LogP) is 1.92. The fraction of sp³-hybridized carbons (Fsp3) is 0.316. The maximum Gasteiger partial charge on any atom is 0.322 e. The van der Waals surface area contributed by atoms with Crippen molar-refractivity contribution in [2.24, 2.45) is 0 Å². The molecule has 1 aromatic carbocycles. The smallest absolute Gasteiger partial charge is 0.322 e. The molecule has 1 fully saturated rings. The second-order valence-corrected chi connectivity index (χ2v) is 12.4. The van der Waals surface area contributed by atoms with Gasteiger partial charge in [-0.15, -0.1) is 16.4 Å². The van der Waals surface area contributed by atoms with Gasteiger partial charge in [-0.3, -0.25) is 10.1 Å². The summed E-state index contributed by atoms with van der Waals surface area (Å²) in [6.07, 6.45) is 2.34. The van der Waals surface area contributed by atoms with Gasteiger partial charge in [0.25, 0.3) is 10.0 Å². The summed E-state index contributed by atoms with van der Waals surface area (Å²) in [6.45, 7) is 0.261. The molecular formula is C19H20N4O6S3. The average molecular weight is 497 g/mol. The third-order valence-corrected chi connectivity index (χ3v) is 9.38. The van der Waals surface area contributed by atoms with E-state index in [0.29, 0.717) is 12.8 Å². The van der Waals surface area contributed by atoms with Crippen LogP contribution >= 0.6 is 11.3 Å². The Morgan fingerprint density at radius 2 is 1.94 bits per heavy atom. The molecule has 1 saturated heterocycles. The van der Waals surface area contributed by atoms with E-state index in [2.05, 4.69) is 15.5 Å². The molecule has 4 rings (SSSR count). The molecule has 1 atom stereocenters. The minimum Gasteiger partial charge on any atom is -0.407 e. The van der Waals surface area contributed by atoms with Crippen LogP contribution in [-0.4, -0.2) is 56.1 Å². The van der Waals surface area contributed by atoms with Crippen LogP contribution in [0.3, 0.4) is 0 Å². The number of amides is 1. The number of benzene rings is 1. The monoisotopic (exact) mass is 496 g/mol. The Bertz CT molecular complexity index is 1320. The minimum atomic E-state index is -3.75. The molecule has 2 aromatic heterocycles. The molecular weight excluding hydrogens is 476 g/mol. The molecule has 1 aliphatic rings. The summed E-state index contributed by atoms with van der Waals surface area (Å²) in [5, 5.41) is 11.9. The quantitative estimate of drug-likeness (QED) is 0.523. The van der Waals surface area contributed by atoms with Crippen molar-refractivity contribution in [3.8, 4) is 0 Å². The number of carbonyl (C=O) groups is 1. The summed E-state index contributed by atoms with van der Waals surface area (Å²) in [5.41, 5.74) is 0.753. The van der Waals surface area contributed by atoms with Crippen LogP contribution in [0.5, 0.6) is 0 Å². The van der Waals surface area contributed by atoms with Gasteiger partial charge in [0, 0.05) is 12.8 Å². The van der Waals surface area contributed by atoms with E-state index in [0.717, 1.165) is 23.2 Å². The lowest BCUT2D eigenvalue weighted by Crippen LogP contribution is -2.42. The first-order valence-corrected chi connectivity index (χ1v) is 13.8. The molecule has 170 valence electrons. The van der Waals surface area contributed by atoms with Crippen molar-refractivity contribution >= 4 is 43.1 Å². The number of thiophene rings is 1. The van der Waals surface area contributed by atoms with Gasteiger partial charge in [-0.25, -0.2) is 16.8 Å². The molecule has 1 N–H and O–H groups in total. The van der Waals surface area contributed by atoms with Gasteiger partial charge in [0.1, 0.15) is 10.3 Å². The minimum absolute atomic E-state index is 0.127. The Kier molecular flexibility index (Phi) is 6.16. The van der Waals surface area contributed by atoms with Crippen molar-refractivity contribution in [2.75, 3.05) is 18.1 Å². The van der Waals surface area contributed by atoms with E-state index in [1.54, 1.807) is 23.6 Å². The SMILES string of the molecule is CS(=O)(=O)c1ccc(Cc2nnc(NC(=O)C3CCCN3S(=O)(=O)c3cccs3)o2)cc1. The molecule has 0 saturated carbocycles. The van der Waals surface area contributed by atoms with E-state index in [9.17, 15) is 21.6 Å². The van der Waals surface area contributed by atoms with E-state index in [1.165, 1.54) is 22.5 Å². The molecule has 0 radical (unpaired) electrons. The number of rotatable bonds is 7. The fourth-order valence-corrected chi connectivity index (χ4v) is 6.82. The Morgan fingerprint density at radius 3 is 2.59 bits per heavy atom. The molecule has 3 aromatic rings. The summed E-state index contributed by atoms with van der Waals surface area (Å²) in [5.74, 6) is -0.308. The highest BCUT2D eigenvalue weighted by Gasteiger charge is 2.40. The van der Waals surface area contributed by atoms with Gasteiger partial charge >= 0.3 is 6.01 Å². The first-order chi connectivity index (χ1) is 15.1. The highest BCUT2D eigenvalue weighted by Crippen LogP contribution is 2.29. The Balaban J connectivity index is 1.42. The topological polar surface area (TPSA) is 140 Å². The Hall–Kier alpha value is -2.61. The second kappa shape index (κ2) is 8.73. The number of aromatic nitrogens is 2. The number of nitrogens with zero attached hydrogens (tertiary/aromatic N) is 3. The average Bonchev–Trinajstić information content (AvgIpc) is 3.49. The highest BCUT2D eigenvalue weighted by atomic mass is 32.2. The Morgan fingerprint density at radius 1 is 1.19 bits per heavy atom. The summed E-state index contributed by atoms with van der Waals surface area (Å²) >= 11 is 1.11. The number of hydrogen-bond acceptors (Lipinski definition) is 9. The van der Waals surface area contributed by atoms with Gasteiger partial charge in [0.15, 0.2) is 9.84 Å². The standard InChI is InChI=1S/C19H20N4O6S3/c1-31(25,26)14-8-6-13(7-9-14)12-16-21-22-19(29-16)20-18(24)15-4-2-10-23(15)32(27,28)17-5-3-11-30-17/h3,5-9,11,15H,2,4,10,12H2,1H3,(H,20,22,24). The van der Waals surface area contributed by atoms with E-state index in [-0.39, 0.29) is 34.0 Å². The highest BCUT2D eigenvalue weighted by molar-refractivity contribution is 7.91. The van der Waals surface area contributed by atoms with E-state index < -0.39 is 31.8 Å². The lowest BCUT2D eigenvalue weighted by molar-refractivity contribution is -0.119. The van der Waals surface area contributed by atoms with Gasteiger partial charge in [0.2, 0.25) is 11.8 Å². The lowest BCUT2D eigenvalue weighted by Gasteiger charge is -2.21. The molecule has 10 nitrogen and oxygen atoms in total. The van der Waals surface area contributed by atoms with Crippen molar-refractivity contribution < 1.29 is 26.0 Å². The van der Waals surface area contributed by atoms with Crippen molar-refractivity contribution in [1.82, 2.24) is 14.5 Å². The van der Waals surface area contributed by atoms with Crippen LogP contribution in [0, 0.1) is 0 Å². The zero-order valence-electron chi connectivity index (χ0n) is 17.0. The van der Waals surface area contributed by atoms with E-state index >= 15 is 0 Å². The molecule has 0 aliphatic carbocycles. The van der Waals surface area contributed by atoms with E-state index in [1.807, 2.05) is 0 Å².